The lowest BCUT2D eigenvalue weighted by atomic mass is 10.2. The zero-order valence-electron chi connectivity index (χ0n) is 12.1. The Balaban J connectivity index is 1.75. The average molecular weight is 387 g/mol. The number of likely N-dealkylation sites (N-methyl/N-ethyl adjacent to an activating group) is 1. The second-order valence-corrected chi connectivity index (χ2v) is 8.50. The van der Waals surface area contributed by atoms with Crippen molar-refractivity contribution in [1.29, 1.82) is 0 Å². The van der Waals surface area contributed by atoms with Crippen LogP contribution in [0.3, 0.4) is 0 Å². The van der Waals surface area contributed by atoms with Crippen LogP contribution in [0.5, 0.6) is 0 Å². The topological polar surface area (TPSA) is 32.3 Å². The third kappa shape index (κ3) is 5.21. The van der Waals surface area contributed by atoms with Crippen molar-refractivity contribution < 1.29 is 4.79 Å². The van der Waals surface area contributed by atoms with Crippen molar-refractivity contribution in [1.82, 2.24) is 10.2 Å². The summed E-state index contributed by atoms with van der Waals surface area (Å²) in [6.45, 7) is 3.43. The molecule has 21 heavy (non-hydrogen) atoms. The van der Waals surface area contributed by atoms with Gasteiger partial charge in [0.15, 0.2) is 0 Å². The minimum atomic E-state index is -0.130. The summed E-state index contributed by atoms with van der Waals surface area (Å²) in [5, 5.41) is 5.08. The Morgan fingerprint density at radius 1 is 1.38 bits per heavy atom. The van der Waals surface area contributed by atoms with Crippen molar-refractivity contribution in [2.45, 2.75) is 25.9 Å². The van der Waals surface area contributed by atoms with E-state index in [1.165, 1.54) is 9.75 Å². The van der Waals surface area contributed by atoms with Crippen LogP contribution in [0.2, 0.25) is 0 Å². The van der Waals surface area contributed by atoms with Gasteiger partial charge in [-0.1, -0.05) is 6.07 Å². The van der Waals surface area contributed by atoms with Crippen LogP contribution < -0.4 is 5.32 Å². The molecule has 2 heterocycles. The standard InChI is InChI=1S/C15H19BrN2OS2/c1-11(18(2)10-13-5-6-14(16)21-13)15(19)17-8-7-12-4-3-9-20-12/h3-6,9,11H,7-8,10H2,1-2H3,(H,17,19). The van der Waals surface area contributed by atoms with Crippen molar-refractivity contribution in [3.05, 3.63) is 43.2 Å². The van der Waals surface area contributed by atoms with Crippen molar-refractivity contribution in [2.24, 2.45) is 0 Å². The summed E-state index contributed by atoms with van der Waals surface area (Å²) >= 11 is 6.90. The molecule has 1 amide bonds. The van der Waals surface area contributed by atoms with E-state index >= 15 is 0 Å². The highest BCUT2D eigenvalue weighted by Crippen LogP contribution is 2.23. The van der Waals surface area contributed by atoms with E-state index < -0.39 is 0 Å². The van der Waals surface area contributed by atoms with E-state index in [0.717, 1.165) is 16.8 Å². The fourth-order valence-electron chi connectivity index (χ4n) is 1.93. The SMILES string of the molecule is CC(C(=O)NCCc1cccs1)N(C)Cc1ccc(Br)s1. The number of hydrogen-bond donors (Lipinski definition) is 1. The number of rotatable bonds is 7. The molecule has 3 nitrogen and oxygen atoms in total. The van der Waals surface area contributed by atoms with Crippen LogP contribution in [0, 0.1) is 0 Å². The molecule has 0 saturated heterocycles. The molecule has 0 aromatic carbocycles. The lowest BCUT2D eigenvalue weighted by Crippen LogP contribution is -2.43. The minimum absolute atomic E-state index is 0.0877. The lowest BCUT2D eigenvalue weighted by molar-refractivity contribution is -0.125. The summed E-state index contributed by atoms with van der Waals surface area (Å²) in [5.74, 6) is 0.0877. The molecule has 6 heteroatoms. The summed E-state index contributed by atoms with van der Waals surface area (Å²) in [5.41, 5.74) is 0. The number of nitrogens with one attached hydrogen (secondary N) is 1. The fraction of sp³-hybridized carbons (Fsp3) is 0.400. The van der Waals surface area contributed by atoms with Gasteiger partial charge in [-0.05, 0) is 59.9 Å². The van der Waals surface area contributed by atoms with Crippen LogP contribution >= 0.6 is 38.6 Å². The number of amides is 1. The molecule has 114 valence electrons. The van der Waals surface area contributed by atoms with Gasteiger partial charge in [-0.15, -0.1) is 22.7 Å². The summed E-state index contributed by atoms with van der Waals surface area (Å²) in [7, 11) is 1.98. The lowest BCUT2D eigenvalue weighted by Gasteiger charge is -2.23. The van der Waals surface area contributed by atoms with E-state index in [9.17, 15) is 4.79 Å². The first-order valence-electron chi connectivity index (χ1n) is 6.81. The second kappa shape index (κ2) is 8.08. The number of carbonyl (C=O) groups is 1. The maximum absolute atomic E-state index is 12.2. The molecule has 0 bridgehead atoms. The van der Waals surface area contributed by atoms with Gasteiger partial charge in [0.1, 0.15) is 0 Å². The molecule has 2 aromatic heterocycles. The zero-order chi connectivity index (χ0) is 15.2. The third-order valence-electron chi connectivity index (χ3n) is 3.33. The number of thiophene rings is 2. The van der Waals surface area contributed by atoms with Gasteiger partial charge in [0, 0.05) is 22.8 Å². The number of hydrogen-bond acceptors (Lipinski definition) is 4. The van der Waals surface area contributed by atoms with Crippen molar-refractivity contribution in [3.63, 3.8) is 0 Å². The largest absolute Gasteiger partial charge is 0.354 e. The monoisotopic (exact) mass is 386 g/mol. The maximum Gasteiger partial charge on any atom is 0.237 e. The Kier molecular flexibility index (Phi) is 6.41. The Labute approximate surface area is 142 Å². The Morgan fingerprint density at radius 2 is 2.19 bits per heavy atom. The molecule has 0 saturated carbocycles. The quantitative estimate of drug-likeness (QED) is 0.785. The van der Waals surface area contributed by atoms with Crippen LogP contribution in [0.1, 0.15) is 16.7 Å². The van der Waals surface area contributed by atoms with Crippen LogP contribution in [-0.2, 0) is 17.8 Å². The van der Waals surface area contributed by atoms with Gasteiger partial charge in [-0.2, -0.15) is 0 Å². The Hall–Kier alpha value is -0.690. The van der Waals surface area contributed by atoms with Gasteiger partial charge >= 0.3 is 0 Å². The van der Waals surface area contributed by atoms with E-state index in [4.69, 9.17) is 0 Å². The average Bonchev–Trinajstić information content (AvgIpc) is 3.09. The molecule has 1 N–H and O–H groups in total. The maximum atomic E-state index is 12.2. The fourth-order valence-corrected chi connectivity index (χ4v) is 4.19. The smallest absolute Gasteiger partial charge is 0.237 e. The van der Waals surface area contributed by atoms with E-state index in [0.29, 0.717) is 6.54 Å². The van der Waals surface area contributed by atoms with Crippen LogP contribution in [0.4, 0.5) is 0 Å². The predicted octanol–water partition coefficient (Wildman–Crippen LogP) is 3.75. The Bertz CT molecular complexity index is 568. The molecule has 0 spiro atoms. The first-order valence-corrected chi connectivity index (χ1v) is 9.29. The highest BCUT2D eigenvalue weighted by Gasteiger charge is 2.18. The summed E-state index contributed by atoms with van der Waals surface area (Å²) in [6.07, 6.45) is 0.901. The van der Waals surface area contributed by atoms with Crippen molar-refractivity contribution in [2.75, 3.05) is 13.6 Å². The van der Waals surface area contributed by atoms with E-state index in [1.807, 2.05) is 26.1 Å². The van der Waals surface area contributed by atoms with Gasteiger partial charge < -0.3 is 5.32 Å². The van der Waals surface area contributed by atoms with Crippen molar-refractivity contribution >= 4 is 44.5 Å². The molecule has 2 aromatic rings. The van der Waals surface area contributed by atoms with Gasteiger partial charge in [0.2, 0.25) is 5.91 Å². The third-order valence-corrected chi connectivity index (χ3v) is 5.87. The van der Waals surface area contributed by atoms with Gasteiger partial charge in [0.25, 0.3) is 0 Å². The molecule has 0 aliphatic carbocycles. The Morgan fingerprint density at radius 3 is 2.81 bits per heavy atom. The first-order chi connectivity index (χ1) is 10.1. The molecule has 0 aliphatic heterocycles. The van der Waals surface area contributed by atoms with Crippen LogP contribution in [-0.4, -0.2) is 30.4 Å². The summed E-state index contributed by atoms with van der Waals surface area (Å²) in [4.78, 5) is 16.8. The van der Waals surface area contributed by atoms with Crippen molar-refractivity contribution in [3.8, 4) is 0 Å². The van der Waals surface area contributed by atoms with Gasteiger partial charge in [-0.25, -0.2) is 0 Å². The molecule has 2 rings (SSSR count). The molecule has 1 atom stereocenters. The van der Waals surface area contributed by atoms with E-state index in [2.05, 4.69) is 43.7 Å². The predicted molar refractivity (Wildman–Crippen MR) is 94.0 cm³/mol. The number of nitrogens with zero attached hydrogens (tertiary/aromatic N) is 1. The minimum Gasteiger partial charge on any atom is -0.354 e. The first kappa shape index (κ1) is 16.7. The highest BCUT2D eigenvalue weighted by molar-refractivity contribution is 9.11. The summed E-state index contributed by atoms with van der Waals surface area (Å²) < 4.78 is 1.12. The van der Waals surface area contributed by atoms with E-state index in [-0.39, 0.29) is 11.9 Å². The molecule has 1 unspecified atom stereocenters. The normalized spacial score (nSPS) is 12.6. The molecule has 0 fully saturated rings. The highest BCUT2D eigenvalue weighted by atomic mass is 79.9. The van der Waals surface area contributed by atoms with E-state index in [1.54, 1.807) is 22.7 Å². The molecular weight excluding hydrogens is 368 g/mol. The molecular formula is C15H19BrN2OS2. The van der Waals surface area contributed by atoms with Crippen LogP contribution in [0.15, 0.2) is 33.4 Å². The van der Waals surface area contributed by atoms with Gasteiger partial charge in [0.05, 0.1) is 9.83 Å². The molecule has 0 radical (unpaired) electrons. The van der Waals surface area contributed by atoms with Gasteiger partial charge in [-0.3, -0.25) is 9.69 Å². The second-order valence-electron chi connectivity index (χ2n) is 4.92. The molecule has 0 aliphatic rings. The summed E-state index contributed by atoms with van der Waals surface area (Å²) in [6, 6.07) is 8.14. The zero-order valence-corrected chi connectivity index (χ0v) is 15.4. The number of carbonyl (C=O) groups excluding carboxylic acids is 1. The van der Waals surface area contributed by atoms with Crippen LogP contribution in [0.25, 0.3) is 0 Å². The number of halogens is 1.